The van der Waals surface area contributed by atoms with Gasteiger partial charge < -0.3 is 19.5 Å². The highest BCUT2D eigenvalue weighted by Gasteiger charge is 2.30. The van der Waals surface area contributed by atoms with Crippen LogP contribution in [0.1, 0.15) is 28.3 Å². The molecule has 1 saturated heterocycles. The van der Waals surface area contributed by atoms with Gasteiger partial charge in [-0.15, -0.1) is 0 Å². The van der Waals surface area contributed by atoms with Gasteiger partial charge in [0.15, 0.2) is 0 Å². The molecule has 4 aromatic rings. The van der Waals surface area contributed by atoms with Gasteiger partial charge >= 0.3 is 0 Å². The molecule has 0 unspecified atom stereocenters. The number of carbonyl (C=O) groups excluding carboxylic acids is 1. The normalized spacial score (nSPS) is 17.6. The van der Waals surface area contributed by atoms with Crippen LogP contribution < -0.4 is 10.2 Å². The van der Waals surface area contributed by atoms with Crippen molar-refractivity contribution in [2.45, 2.75) is 32.5 Å². The van der Waals surface area contributed by atoms with E-state index in [0.29, 0.717) is 18.8 Å². The lowest BCUT2D eigenvalue weighted by Crippen LogP contribution is -2.37. The van der Waals surface area contributed by atoms with Gasteiger partial charge in [0.25, 0.3) is 5.91 Å². The highest BCUT2D eigenvalue weighted by Crippen LogP contribution is 2.39. The van der Waals surface area contributed by atoms with Crippen LogP contribution in [0.15, 0.2) is 48.8 Å². The van der Waals surface area contributed by atoms with E-state index >= 15 is 0 Å². The summed E-state index contributed by atoms with van der Waals surface area (Å²) >= 11 is 0. The van der Waals surface area contributed by atoms with Gasteiger partial charge in [0.2, 0.25) is 0 Å². The second-order valence-corrected chi connectivity index (χ2v) is 10.3. The van der Waals surface area contributed by atoms with Gasteiger partial charge in [0, 0.05) is 63.1 Å². The summed E-state index contributed by atoms with van der Waals surface area (Å²) in [5.41, 5.74) is 6.26. The molecule has 1 amide bonds. The Morgan fingerprint density at radius 2 is 1.87 bits per heavy atom. The number of amides is 1. The van der Waals surface area contributed by atoms with Crippen molar-refractivity contribution in [2.75, 3.05) is 50.8 Å². The molecule has 3 aliphatic heterocycles. The molecule has 2 aromatic carbocycles. The van der Waals surface area contributed by atoms with Crippen molar-refractivity contribution >= 4 is 22.5 Å². The van der Waals surface area contributed by atoms with Gasteiger partial charge in [-0.05, 0) is 41.7 Å². The summed E-state index contributed by atoms with van der Waals surface area (Å²) in [6.07, 6.45) is 5.80. The molecule has 0 spiro atoms. The minimum Gasteiger partial charge on any atom is -0.379 e. The van der Waals surface area contributed by atoms with E-state index in [1.165, 1.54) is 16.7 Å². The largest absolute Gasteiger partial charge is 0.379 e. The predicted molar refractivity (Wildman–Crippen MR) is 146 cm³/mol. The van der Waals surface area contributed by atoms with Crippen molar-refractivity contribution in [1.29, 1.82) is 0 Å². The molecule has 196 valence electrons. The Labute approximate surface area is 222 Å². The number of hydrogen-bond acceptors (Lipinski definition) is 6. The number of anilines is 1. The molecule has 0 radical (unpaired) electrons. The summed E-state index contributed by atoms with van der Waals surface area (Å²) in [5.74, 6) is 0.913. The molecular formula is C29H33N7O2. The highest BCUT2D eigenvalue weighted by molar-refractivity contribution is 6.07. The third kappa shape index (κ3) is 4.20. The number of benzene rings is 2. The summed E-state index contributed by atoms with van der Waals surface area (Å²) < 4.78 is 9.69. The number of morpholine rings is 1. The van der Waals surface area contributed by atoms with Crippen molar-refractivity contribution < 1.29 is 9.53 Å². The summed E-state index contributed by atoms with van der Waals surface area (Å²) in [6, 6.07) is 12.8. The first kappa shape index (κ1) is 23.6. The van der Waals surface area contributed by atoms with Crippen LogP contribution >= 0.6 is 0 Å². The van der Waals surface area contributed by atoms with Crippen molar-refractivity contribution in [2.24, 2.45) is 0 Å². The fraction of sp³-hybridized carbons (Fsp3) is 0.414. The third-order valence-corrected chi connectivity index (χ3v) is 8.09. The number of hydrogen-bond donors (Lipinski definition) is 1. The van der Waals surface area contributed by atoms with Crippen molar-refractivity contribution in [3.8, 4) is 11.1 Å². The van der Waals surface area contributed by atoms with Gasteiger partial charge in [-0.1, -0.05) is 24.3 Å². The molecule has 38 heavy (non-hydrogen) atoms. The number of aryl methyl sites for hydroxylation is 1. The zero-order chi connectivity index (χ0) is 25.5. The Balaban J connectivity index is 1.14. The molecule has 1 fully saturated rings. The Morgan fingerprint density at radius 1 is 1.00 bits per heavy atom. The van der Waals surface area contributed by atoms with E-state index in [0.717, 1.165) is 87.7 Å². The van der Waals surface area contributed by atoms with E-state index in [4.69, 9.17) is 9.84 Å². The summed E-state index contributed by atoms with van der Waals surface area (Å²) in [7, 11) is 0. The Kier molecular flexibility index (Phi) is 6.19. The standard InChI is InChI=1S/C29H33N7O2/c37-29(25-20-34-13-9-30-19-28(34)32-25)35-12-8-23-21(4-1-6-26(23)35)22-5-2-7-27-24(22)18-31-36(27)11-3-10-33-14-16-38-17-15-33/h1-2,4-7,18,20,30H,3,8-17,19H2. The molecule has 9 nitrogen and oxygen atoms in total. The minimum atomic E-state index is -0.0194. The average Bonchev–Trinajstić information content (AvgIpc) is 3.70. The quantitative estimate of drug-likeness (QED) is 0.429. The lowest BCUT2D eigenvalue weighted by atomic mass is 9.95. The summed E-state index contributed by atoms with van der Waals surface area (Å²) in [5, 5.41) is 9.25. The van der Waals surface area contributed by atoms with Crippen LogP contribution in [0.25, 0.3) is 22.0 Å². The average molecular weight is 512 g/mol. The maximum atomic E-state index is 13.5. The van der Waals surface area contributed by atoms with Crippen molar-refractivity contribution in [3.05, 3.63) is 65.9 Å². The van der Waals surface area contributed by atoms with E-state index in [9.17, 15) is 4.79 Å². The van der Waals surface area contributed by atoms with E-state index in [2.05, 4.69) is 60.8 Å². The van der Waals surface area contributed by atoms with Crippen LogP contribution in [-0.2, 0) is 30.8 Å². The molecule has 5 heterocycles. The molecule has 9 heteroatoms. The van der Waals surface area contributed by atoms with Gasteiger partial charge in [-0.3, -0.25) is 14.4 Å². The fourth-order valence-corrected chi connectivity index (χ4v) is 6.11. The first-order valence-corrected chi connectivity index (χ1v) is 13.7. The monoisotopic (exact) mass is 511 g/mol. The smallest absolute Gasteiger partial charge is 0.278 e. The number of nitrogens with zero attached hydrogens (tertiary/aromatic N) is 6. The second kappa shape index (κ2) is 9.98. The molecule has 0 atom stereocenters. The topological polar surface area (TPSA) is 80.5 Å². The van der Waals surface area contributed by atoms with Crippen LogP contribution in [0.3, 0.4) is 0 Å². The van der Waals surface area contributed by atoms with Crippen LogP contribution in [0, 0.1) is 0 Å². The maximum absolute atomic E-state index is 13.5. The SMILES string of the molecule is O=C(c1cn2c(n1)CNCC2)N1CCc2c(-c3cccc4c3cnn4CCCN3CCOCC3)cccc21. The van der Waals surface area contributed by atoms with Crippen LogP contribution in [0.5, 0.6) is 0 Å². The van der Waals surface area contributed by atoms with Gasteiger partial charge in [0.1, 0.15) is 11.5 Å². The van der Waals surface area contributed by atoms with Gasteiger partial charge in [0.05, 0.1) is 31.5 Å². The van der Waals surface area contributed by atoms with E-state index in [1.54, 1.807) is 0 Å². The first-order chi connectivity index (χ1) is 18.8. The number of nitrogens with one attached hydrogen (secondary N) is 1. The Hall–Kier alpha value is -3.53. The van der Waals surface area contributed by atoms with Crippen LogP contribution in [-0.4, -0.2) is 76.1 Å². The molecule has 0 aliphatic carbocycles. The molecule has 0 bridgehead atoms. The number of aromatic nitrogens is 4. The lowest BCUT2D eigenvalue weighted by Gasteiger charge is -2.26. The maximum Gasteiger partial charge on any atom is 0.278 e. The van der Waals surface area contributed by atoms with E-state index in [1.807, 2.05) is 17.3 Å². The molecule has 7 rings (SSSR count). The van der Waals surface area contributed by atoms with Crippen LogP contribution in [0.4, 0.5) is 5.69 Å². The predicted octanol–water partition coefficient (Wildman–Crippen LogP) is 2.93. The lowest BCUT2D eigenvalue weighted by molar-refractivity contribution is 0.0368. The number of imidazole rings is 1. The number of fused-ring (bicyclic) bond motifs is 3. The van der Waals surface area contributed by atoms with Crippen LogP contribution in [0.2, 0.25) is 0 Å². The molecule has 1 N–H and O–H groups in total. The van der Waals surface area contributed by atoms with Crippen molar-refractivity contribution in [1.82, 2.24) is 29.5 Å². The van der Waals surface area contributed by atoms with Crippen molar-refractivity contribution in [3.63, 3.8) is 0 Å². The highest BCUT2D eigenvalue weighted by atomic mass is 16.5. The molecular weight excluding hydrogens is 478 g/mol. The second-order valence-electron chi connectivity index (χ2n) is 10.3. The Morgan fingerprint density at radius 3 is 2.76 bits per heavy atom. The summed E-state index contributed by atoms with van der Waals surface area (Å²) in [6.45, 7) is 8.79. The minimum absolute atomic E-state index is 0.0194. The molecule has 2 aromatic heterocycles. The number of ether oxygens (including phenoxy) is 1. The Bertz CT molecular complexity index is 1460. The third-order valence-electron chi connectivity index (χ3n) is 8.09. The number of rotatable bonds is 6. The fourth-order valence-electron chi connectivity index (χ4n) is 6.11. The zero-order valence-corrected chi connectivity index (χ0v) is 21.6. The molecule has 3 aliphatic rings. The molecule has 0 saturated carbocycles. The number of carbonyl (C=O) groups is 1. The first-order valence-electron chi connectivity index (χ1n) is 13.7. The van der Waals surface area contributed by atoms with E-state index in [-0.39, 0.29) is 5.91 Å². The van der Waals surface area contributed by atoms with E-state index < -0.39 is 0 Å². The zero-order valence-electron chi connectivity index (χ0n) is 21.6. The summed E-state index contributed by atoms with van der Waals surface area (Å²) in [4.78, 5) is 22.5. The van der Waals surface area contributed by atoms with Gasteiger partial charge in [-0.2, -0.15) is 5.10 Å². The van der Waals surface area contributed by atoms with Gasteiger partial charge in [-0.25, -0.2) is 4.98 Å².